The Balaban J connectivity index is 1.65. The summed E-state index contributed by atoms with van der Waals surface area (Å²) in [5, 5.41) is 3.13. The maximum absolute atomic E-state index is 13.5. The van der Waals surface area contributed by atoms with Gasteiger partial charge in [0.25, 0.3) is 0 Å². The average Bonchev–Trinajstić information content (AvgIpc) is 2.95. The lowest BCUT2D eigenvalue weighted by Crippen LogP contribution is -2.36. The van der Waals surface area contributed by atoms with E-state index in [0.29, 0.717) is 11.3 Å². The van der Waals surface area contributed by atoms with E-state index in [1.165, 1.54) is 11.4 Å². The Kier molecular flexibility index (Phi) is 8.38. The maximum atomic E-state index is 13.5. The summed E-state index contributed by atoms with van der Waals surface area (Å²) in [4.78, 5) is 13.7. The molecule has 190 valence electrons. The van der Waals surface area contributed by atoms with E-state index in [9.17, 15) is 13.2 Å². The molecular weight excluding hydrogens is 484 g/mol. The van der Waals surface area contributed by atoms with Crippen molar-refractivity contribution in [2.45, 2.75) is 23.4 Å². The SMILES string of the molecule is COc1ccc([C@@H](CC(=O)NC(c2ccccc2)c2ccccc2)N(C)S(=O)(=O)c2ccccc2)cc1. The first kappa shape index (κ1) is 26.1. The predicted octanol–water partition coefficient (Wildman–Crippen LogP) is 5.35. The van der Waals surface area contributed by atoms with Crippen molar-refractivity contribution in [2.24, 2.45) is 0 Å². The first-order valence-electron chi connectivity index (χ1n) is 12.0. The lowest BCUT2D eigenvalue weighted by molar-refractivity contribution is -0.122. The Morgan fingerprint density at radius 1 is 0.757 bits per heavy atom. The van der Waals surface area contributed by atoms with Crippen LogP contribution in [0.2, 0.25) is 0 Å². The van der Waals surface area contributed by atoms with Gasteiger partial charge in [-0.15, -0.1) is 0 Å². The van der Waals surface area contributed by atoms with E-state index >= 15 is 0 Å². The van der Waals surface area contributed by atoms with Gasteiger partial charge in [0.15, 0.2) is 0 Å². The number of hydrogen-bond acceptors (Lipinski definition) is 4. The number of nitrogens with one attached hydrogen (secondary N) is 1. The van der Waals surface area contributed by atoms with Crippen molar-refractivity contribution in [3.8, 4) is 5.75 Å². The van der Waals surface area contributed by atoms with Crippen LogP contribution in [-0.2, 0) is 14.8 Å². The number of amides is 1. The number of ether oxygens (including phenoxy) is 1. The molecule has 0 aromatic heterocycles. The third-order valence-electron chi connectivity index (χ3n) is 6.31. The van der Waals surface area contributed by atoms with E-state index in [4.69, 9.17) is 4.74 Å². The highest BCUT2D eigenvalue weighted by Gasteiger charge is 2.31. The van der Waals surface area contributed by atoms with Gasteiger partial charge in [-0.25, -0.2) is 8.42 Å². The number of hydrogen-bond donors (Lipinski definition) is 1. The van der Waals surface area contributed by atoms with Crippen molar-refractivity contribution >= 4 is 15.9 Å². The quantitative estimate of drug-likeness (QED) is 0.309. The van der Waals surface area contributed by atoms with Crippen molar-refractivity contribution < 1.29 is 17.9 Å². The van der Waals surface area contributed by atoms with Crippen LogP contribution in [0, 0.1) is 0 Å². The van der Waals surface area contributed by atoms with E-state index in [1.54, 1.807) is 61.7 Å². The van der Waals surface area contributed by atoms with Crippen molar-refractivity contribution in [2.75, 3.05) is 14.2 Å². The molecule has 0 aliphatic rings. The van der Waals surface area contributed by atoms with Gasteiger partial charge < -0.3 is 10.1 Å². The normalized spacial score (nSPS) is 12.3. The zero-order chi connectivity index (χ0) is 26.3. The molecule has 0 aliphatic carbocycles. The molecule has 0 bridgehead atoms. The second kappa shape index (κ2) is 11.9. The molecule has 1 atom stereocenters. The highest BCUT2D eigenvalue weighted by atomic mass is 32.2. The standard InChI is InChI=1S/C30H30N2O4S/c1-32(37(34,35)27-16-10-5-11-17-27)28(23-18-20-26(36-2)21-19-23)22-29(33)31-30(24-12-6-3-7-13-24)25-14-8-4-9-15-25/h3-21,28,30H,22H2,1-2H3,(H,31,33)/t28-/m1/s1. The minimum atomic E-state index is -3.86. The first-order chi connectivity index (χ1) is 17.9. The van der Waals surface area contributed by atoms with Crippen LogP contribution in [0.4, 0.5) is 0 Å². The van der Waals surface area contributed by atoms with E-state index in [1.807, 2.05) is 60.7 Å². The molecule has 4 aromatic rings. The van der Waals surface area contributed by atoms with Gasteiger partial charge >= 0.3 is 0 Å². The highest BCUT2D eigenvalue weighted by molar-refractivity contribution is 7.89. The van der Waals surface area contributed by atoms with Gasteiger partial charge in [0.05, 0.1) is 24.1 Å². The van der Waals surface area contributed by atoms with Crippen LogP contribution in [0.15, 0.2) is 120 Å². The topological polar surface area (TPSA) is 75.7 Å². The van der Waals surface area contributed by atoms with Crippen LogP contribution in [0.25, 0.3) is 0 Å². The molecule has 7 heteroatoms. The van der Waals surface area contributed by atoms with Crippen LogP contribution in [0.5, 0.6) is 5.75 Å². The third-order valence-corrected chi connectivity index (χ3v) is 8.19. The molecule has 0 fully saturated rings. The fraction of sp³-hybridized carbons (Fsp3) is 0.167. The van der Waals surface area contributed by atoms with Gasteiger partial charge in [-0.1, -0.05) is 91.0 Å². The van der Waals surface area contributed by atoms with Gasteiger partial charge in [0, 0.05) is 13.5 Å². The van der Waals surface area contributed by atoms with E-state index < -0.39 is 16.1 Å². The van der Waals surface area contributed by atoms with Crippen molar-refractivity contribution in [1.29, 1.82) is 0 Å². The third kappa shape index (κ3) is 6.25. The molecule has 0 heterocycles. The van der Waals surface area contributed by atoms with Crippen molar-refractivity contribution in [1.82, 2.24) is 9.62 Å². The number of rotatable bonds is 10. The van der Waals surface area contributed by atoms with Gasteiger partial charge in [-0.05, 0) is 41.0 Å². The molecule has 0 radical (unpaired) electrons. The molecule has 37 heavy (non-hydrogen) atoms. The monoisotopic (exact) mass is 514 g/mol. The molecule has 0 aliphatic heterocycles. The number of carbonyl (C=O) groups excluding carboxylic acids is 1. The molecular formula is C30H30N2O4S. The van der Waals surface area contributed by atoms with Crippen molar-refractivity contribution in [3.63, 3.8) is 0 Å². The minimum Gasteiger partial charge on any atom is -0.497 e. The molecule has 0 saturated heterocycles. The number of methoxy groups -OCH3 is 1. The summed E-state index contributed by atoms with van der Waals surface area (Å²) in [5.41, 5.74) is 2.57. The number of benzene rings is 4. The Morgan fingerprint density at radius 2 is 1.24 bits per heavy atom. The van der Waals surface area contributed by atoms with Crippen LogP contribution >= 0.6 is 0 Å². The zero-order valence-corrected chi connectivity index (χ0v) is 21.6. The second-order valence-corrected chi connectivity index (χ2v) is 10.6. The average molecular weight is 515 g/mol. The fourth-order valence-electron chi connectivity index (χ4n) is 4.25. The Hall–Kier alpha value is -3.94. The molecule has 1 amide bonds. The Morgan fingerprint density at radius 3 is 1.73 bits per heavy atom. The molecule has 4 aromatic carbocycles. The molecule has 0 unspecified atom stereocenters. The van der Waals surface area contributed by atoms with E-state index in [-0.39, 0.29) is 23.3 Å². The number of sulfonamides is 1. The van der Waals surface area contributed by atoms with Crippen LogP contribution in [0.3, 0.4) is 0 Å². The fourth-order valence-corrected chi connectivity index (χ4v) is 5.62. The smallest absolute Gasteiger partial charge is 0.243 e. The first-order valence-corrected chi connectivity index (χ1v) is 13.4. The summed E-state index contributed by atoms with van der Waals surface area (Å²) < 4.78 is 33.5. The number of nitrogens with zero attached hydrogens (tertiary/aromatic N) is 1. The highest BCUT2D eigenvalue weighted by Crippen LogP contribution is 2.31. The Labute approximate surface area is 218 Å². The van der Waals surface area contributed by atoms with Gasteiger partial charge in [0.1, 0.15) is 5.75 Å². The van der Waals surface area contributed by atoms with Gasteiger partial charge in [-0.2, -0.15) is 4.31 Å². The van der Waals surface area contributed by atoms with Gasteiger partial charge in [-0.3, -0.25) is 4.79 Å². The summed E-state index contributed by atoms with van der Waals surface area (Å²) in [6, 6.07) is 33.7. The van der Waals surface area contributed by atoms with E-state index in [2.05, 4.69) is 5.32 Å². The molecule has 0 saturated carbocycles. The van der Waals surface area contributed by atoms with Gasteiger partial charge in [0.2, 0.25) is 15.9 Å². The van der Waals surface area contributed by atoms with E-state index in [0.717, 1.165) is 11.1 Å². The van der Waals surface area contributed by atoms with Crippen LogP contribution in [-0.4, -0.2) is 32.8 Å². The summed E-state index contributed by atoms with van der Waals surface area (Å²) in [7, 11) is -0.779. The predicted molar refractivity (Wildman–Crippen MR) is 145 cm³/mol. The minimum absolute atomic E-state index is 0.0644. The Bertz CT molecular complexity index is 1360. The molecule has 6 nitrogen and oxygen atoms in total. The zero-order valence-electron chi connectivity index (χ0n) is 20.8. The summed E-state index contributed by atoms with van der Waals surface area (Å²) in [6.45, 7) is 0. The lowest BCUT2D eigenvalue weighted by Gasteiger charge is -2.29. The number of carbonyl (C=O) groups is 1. The van der Waals surface area contributed by atoms with Crippen LogP contribution in [0.1, 0.15) is 35.2 Å². The van der Waals surface area contributed by atoms with Crippen LogP contribution < -0.4 is 10.1 Å². The summed E-state index contributed by atoms with van der Waals surface area (Å²) >= 11 is 0. The van der Waals surface area contributed by atoms with Crippen molar-refractivity contribution in [3.05, 3.63) is 132 Å². The molecule has 1 N–H and O–H groups in total. The second-order valence-electron chi connectivity index (χ2n) is 8.65. The summed E-state index contributed by atoms with van der Waals surface area (Å²) in [6.07, 6.45) is -0.0644. The molecule has 4 rings (SSSR count). The largest absolute Gasteiger partial charge is 0.497 e. The molecule has 0 spiro atoms. The maximum Gasteiger partial charge on any atom is 0.243 e. The summed E-state index contributed by atoms with van der Waals surface area (Å²) in [5.74, 6) is 0.377. The lowest BCUT2D eigenvalue weighted by atomic mass is 9.97.